The molecule has 1 aliphatic heterocycles. The van der Waals surface area contributed by atoms with Gasteiger partial charge in [0.15, 0.2) is 0 Å². The molecule has 1 heterocycles. The predicted octanol–water partition coefficient (Wildman–Crippen LogP) is 4.88. The van der Waals surface area contributed by atoms with E-state index in [4.69, 9.17) is 9.47 Å². The monoisotopic (exact) mass is 447 g/mol. The summed E-state index contributed by atoms with van der Waals surface area (Å²) in [6.45, 7) is 2.44. The van der Waals surface area contributed by atoms with E-state index < -0.39 is 0 Å². The van der Waals surface area contributed by atoms with Crippen molar-refractivity contribution in [2.45, 2.75) is 6.92 Å². The second-order valence-electron chi connectivity index (χ2n) is 5.89. The second-order valence-corrected chi connectivity index (χ2v) is 7.74. The summed E-state index contributed by atoms with van der Waals surface area (Å²) >= 11 is 4.35. The summed E-state index contributed by atoms with van der Waals surface area (Å²) in [7, 11) is 1.59. The van der Waals surface area contributed by atoms with Gasteiger partial charge in [0.25, 0.3) is 11.1 Å². The smallest absolute Gasteiger partial charge is 0.293 e. The largest absolute Gasteiger partial charge is 0.496 e. The third kappa shape index (κ3) is 4.73. The molecule has 0 N–H and O–H groups in total. The number of methoxy groups -OCH3 is 1. The fourth-order valence-electron chi connectivity index (χ4n) is 2.58. The zero-order valence-corrected chi connectivity index (χ0v) is 17.3. The molecule has 2 aromatic rings. The van der Waals surface area contributed by atoms with Crippen molar-refractivity contribution in [3.8, 4) is 11.5 Å². The van der Waals surface area contributed by atoms with Crippen molar-refractivity contribution >= 4 is 44.9 Å². The lowest BCUT2D eigenvalue weighted by atomic mass is 10.2. The molecule has 0 radical (unpaired) electrons. The van der Waals surface area contributed by atoms with E-state index in [1.165, 1.54) is 4.90 Å². The summed E-state index contributed by atoms with van der Waals surface area (Å²) in [5, 5.41) is -0.285. The van der Waals surface area contributed by atoms with Gasteiger partial charge in [-0.1, -0.05) is 18.2 Å². The zero-order valence-electron chi connectivity index (χ0n) is 14.9. The van der Waals surface area contributed by atoms with E-state index in [1.54, 1.807) is 19.3 Å². The van der Waals surface area contributed by atoms with E-state index in [0.29, 0.717) is 10.7 Å². The van der Waals surface area contributed by atoms with E-state index in [9.17, 15) is 9.59 Å². The van der Waals surface area contributed by atoms with Crippen LogP contribution in [0.25, 0.3) is 6.08 Å². The van der Waals surface area contributed by atoms with Gasteiger partial charge < -0.3 is 9.47 Å². The number of nitrogens with zero attached hydrogens (tertiary/aromatic N) is 1. The Labute approximate surface area is 170 Å². The molecule has 0 aliphatic carbocycles. The quantitative estimate of drug-likeness (QED) is 0.590. The number of hydrogen-bond acceptors (Lipinski definition) is 5. The lowest BCUT2D eigenvalue weighted by Crippen LogP contribution is -2.32. The van der Waals surface area contributed by atoms with Gasteiger partial charge in [0.05, 0.1) is 23.0 Å². The van der Waals surface area contributed by atoms with Crippen LogP contribution in [0.1, 0.15) is 11.1 Å². The molecule has 0 bridgehead atoms. The summed E-state index contributed by atoms with van der Waals surface area (Å²) in [5.74, 6) is 1.12. The van der Waals surface area contributed by atoms with Crippen molar-refractivity contribution < 1.29 is 19.1 Å². The van der Waals surface area contributed by atoms with Crippen LogP contribution in [0, 0.1) is 6.92 Å². The fourth-order valence-corrected chi connectivity index (χ4v) is 4.00. The number of carbonyl (C=O) groups excluding carboxylic acids is 2. The van der Waals surface area contributed by atoms with Crippen LogP contribution in [0.2, 0.25) is 0 Å². The van der Waals surface area contributed by atoms with Crippen LogP contribution in [-0.4, -0.2) is 36.3 Å². The van der Waals surface area contributed by atoms with Crippen molar-refractivity contribution in [1.29, 1.82) is 0 Å². The molecule has 2 aromatic carbocycles. The van der Waals surface area contributed by atoms with Crippen molar-refractivity contribution in [2.24, 2.45) is 0 Å². The average molecular weight is 448 g/mol. The highest BCUT2D eigenvalue weighted by Gasteiger charge is 2.34. The van der Waals surface area contributed by atoms with Crippen LogP contribution in [0.15, 0.2) is 51.8 Å². The third-order valence-electron chi connectivity index (χ3n) is 3.92. The number of halogens is 1. The van der Waals surface area contributed by atoms with E-state index in [2.05, 4.69) is 15.9 Å². The van der Waals surface area contributed by atoms with Gasteiger partial charge in [0.1, 0.15) is 18.1 Å². The molecule has 140 valence electrons. The lowest BCUT2D eigenvalue weighted by Gasteiger charge is -2.13. The maximum absolute atomic E-state index is 12.5. The molecule has 1 fully saturated rings. The summed E-state index contributed by atoms with van der Waals surface area (Å²) in [4.78, 5) is 26.3. The van der Waals surface area contributed by atoms with Gasteiger partial charge in [-0.15, -0.1) is 0 Å². The molecular weight excluding hydrogens is 430 g/mol. The fraction of sp³-hybridized carbons (Fsp3) is 0.200. The average Bonchev–Trinajstić information content (AvgIpc) is 2.89. The molecule has 0 spiro atoms. The van der Waals surface area contributed by atoms with Crippen molar-refractivity contribution in [3.05, 3.63) is 63.0 Å². The Morgan fingerprint density at radius 1 is 1.19 bits per heavy atom. The SMILES string of the molecule is COc1ccc(/C=C2\SC(=O)N(CCOc3cccc(C)c3)C2=O)cc1Br. The number of carbonyl (C=O) groups is 2. The third-order valence-corrected chi connectivity index (χ3v) is 5.45. The van der Waals surface area contributed by atoms with E-state index >= 15 is 0 Å². The first kappa shape index (κ1) is 19.5. The summed E-state index contributed by atoms with van der Waals surface area (Å²) in [6, 6.07) is 13.1. The Morgan fingerprint density at radius 3 is 2.70 bits per heavy atom. The first-order valence-corrected chi connectivity index (χ1v) is 9.87. The summed E-state index contributed by atoms with van der Waals surface area (Å²) < 4.78 is 11.6. The number of amides is 2. The Kier molecular flexibility index (Phi) is 6.23. The first-order valence-electron chi connectivity index (χ1n) is 8.26. The van der Waals surface area contributed by atoms with Gasteiger partial charge in [-0.25, -0.2) is 0 Å². The molecule has 0 unspecified atom stereocenters. The Morgan fingerprint density at radius 2 is 2.00 bits per heavy atom. The molecule has 1 saturated heterocycles. The first-order chi connectivity index (χ1) is 13.0. The molecule has 0 atom stereocenters. The molecule has 1 aliphatic rings. The van der Waals surface area contributed by atoms with Crippen LogP contribution in [0.3, 0.4) is 0 Å². The Balaban J connectivity index is 1.65. The van der Waals surface area contributed by atoms with Gasteiger partial charge in [-0.05, 0) is 76.1 Å². The molecule has 5 nitrogen and oxygen atoms in total. The van der Waals surface area contributed by atoms with E-state index in [1.807, 2.05) is 43.3 Å². The number of rotatable bonds is 6. The van der Waals surface area contributed by atoms with Crippen LogP contribution in [0.4, 0.5) is 4.79 Å². The second kappa shape index (κ2) is 8.63. The highest BCUT2D eigenvalue weighted by atomic mass is 79.9. The summed E-state index contributed by atoms with van der Waals surface area (Å²) in [6.07, 6.45) is 1.70. The number of hydrogen-bond donors (Lipinski definition) is 0. The van der Waals surface area contributed by atoms with Crippen LogP contribution < -0.4 is 9.47 Å². The van der Waals surface area contributed by atoms with Crippen molar-refractivity contribution in [3.63, 3.8) is 0 Å². The van der Waals surface area contributed by atoms with Gasteiger partial charge in [-0.3, -0.25) is 14.5 Å². The van der Waals surface area contributed by atoms with E-state index in [0.717, 1.165) is 33.1 Å². The minimum absolute atomic E-state index is 0.211. The van der Waals surface area contributed by atoms with Crippen LogP contribution in [0.5, 0.6) is 11.5 Å². The number of benzene rings is 2. The van der Waals surface area contributed by atoms with Crippen molar-refractivity contribution in [2.75, 3.05) is 20.3 Å². The van der Waals surface area contributed by atoms with E-state index in [-0.39, 0.29) is 24.3 Å². The number of thioether (sulfide) groups is 1. The summed E-state index contributed by atoms with van der Waals surface area (Å²) in [5.41, 5.74) is 1.90. The highest BCUT2D eigenvalue weighted by Crippen LogP contribution is 2.33. The molecule has 0 saturated carbocycles. The van der Waals surface area contributed by atoms with Gasteiger partial charge in [0, 0.05) is 0 Å². The maximum atomic E-state index is 12.5. The predicted molar refractivity (Wildman–Crippen MR) is 110 cm³/mol. The minimum atomic E-state index is -0.301. The maximum Gasteiger partial charge on any atom is 0.293 e. The highest BCUT2D eigenvalue weighted by molar-refractivity contribution is 9.10. The Hall–Kier alpha value is -2.25. The number of aryl methyl sites for hydroxylation is 1. The molecular formula is C20H18BrNO4S. The van der Waals surface area contributed by atoms with Crippen LogP contribution >= 0.6 is 27.7 Å². The molecule has 0 aromatic heterocycles. The van der Waals surface area contributed by atoms with Gasteiger partial charge in [-0.2, -0.15) is 0 Å². The lowest BCUT2D eigenvalue weighted by molar-refractivity contribution is -0.123. The molecule has 2 amide bonds. The minimum Gasteiger partial charge on any atom is -0.496 e. The topological polar surface area (TPSA) is 55.8 Å². The zero-order chi connectivity index (χ0) is 19.4. The number of ether oxygens (including phenoxy) is 2. The normalized spacial score (nSPS) is 15.5. The van der Waals surface area contributed by atoms with Gasteiger partial charge in [0.2, 0.25) is 0 Å². The van der Waals surface area contributed by atoms with Gasteiger partial charge >= 0.3 is 0 Å². The standard InChI is InChI=1S/C20H18BrNO4S/c1-13-4-3-5-15(10-13)26-9-8-22-19(23)18(27-20(22)24)12-14-6-7-17(25-2)16(21)11-14/h3-7,10-12H,8-9H2,1-2H3/b18-12-. The molecule has 3 rings (SSSR count). The Bertz CT molecular complexity index is 913. The van der Waals surface area contributed by atoms with Crippen molar-refractivity contribution in [1.82, 2.24) is 4.90 Å². The number of imide groups is 1. The van der Waals surface area contributed by atoms with Crippen LogP contribution in [-0.2, 0) is 4.79 Å². The molecule has 27 heavy (non-hydrogen) atoms. The molecule has 7 heteroatoms.